The predicted octanol–water partition coefficient (Wildman–Crippen LogP) is 1.29. The number of halogens is 1. The first kappa shape index (κ1) is 17.0. The van der Waals surface area contributed by atoms with Gasteiger partial charge in [-0.05, 0) is 13.0 Å². The van der Waals surface area contributed by atoms with Gasteiger partial charge in [-0.1, -0.05) is 11.6 Å². The van der Waals surface area contributed by atoms with Gasteiger partial charge in [-0.15, -0.1) is 0 Å². The molecule has 0 aromatic heterocycles. The third-order valence-electron chi connectivity index (χ3n) is 2.26. The van der Waals surface area contributed by atoms with Gasteiger partial charge in [-0.3, -0.25) is 14.3 Å². The SMILES string of the molecule is CC(CS(C)=O)NS(=O)(=O)c1cc([N+](=O)[O-])ccc1Cl. The molecule has 0 fully saturated rings. The lowest BCUT2D eigenvalue weighted by Crippen LogP contribution is -2.36. The fourth-order valence-corrected chi connectivity index (χ4v) is 4.18. The molecule has 0 aliphatic rings. The minimum absolute atomic E-state index is 0.118. The molecule has 0 aliphatic heterocycles. The molecule has 0 saturated heterocycles. The van der Waals surface area contributed by atoms with E-state index in [1.165, 1.54) is 6.26 Å². The van der Waals surface area contributed by atoms with Crippen LogP contribution in [0.4, 0.5) is 5.69 Å². The summed E-state index contributed by atoms with van der Waals surface area (Å²) >= 11 is 5.77. The third kappa shape index (κ3) is 4.51. The molecule has 0 spiro atoms. The predicted molar refractivity (Wildman–Crippen MR) is 76.8 cm³/mol. The van der Waals surface area contributed by atoms with Gasteiger partial charge in [0.2, 0.25) is 10.0 Å². The van der Waals surface area contributed by atoms with E-state index in [4.69, 9.17) is 11.6 Å². The molecule has 2 atom stereocenters. The van der Waals surface area contributed by atoms with E-state index < -0.39 is 31.8 Å². The van der Waals surface area contributed by atoms with Gasteiger partial charge in [-0.25, -0.2) is 13.1 Å². The summed E-state index contributed by atoms with van der Waals surface area (Å²) in [5, 5.41) is 10.5. The van der Waals surface area contributed by atoms with Crippen LogP contribution in [-0.4, -0.2) is 35.6 Å². The Morgan fingerprint density at radius 3 is 2.60 bits per heavy atom. The van der Waals surface area contributed by atoms with Crippen LogP contribution in [0.1, 0.15) is 6.92 Å². The summed E-state index contributed by atoms with van der Waals surface area (Å²) < 4.78 is 37.5. The van der Waals surface area contributed by atoms with Gasteiger partial charge in [0, 0.05) is 41.0 Å². The number of rotatable bonds is 6. The highest BCUT2D eigenvalue weighted by molar-refractivity contribution is 7.89. The number of nitro groups is 1. The van der Waals surface area contributed by atoms with E-state index in [0.717, 1.165) is 18.2 Å². The van der Waals surface area contributed by atoms with Gasteiger partial charge < -0.3 is 0 Å². The molecular weight excluding hydrogens is 328 g/mol. The topological polar surface area (TPSA) is 106 Å². The molecule has 0 radical (unpaired) electrons. The van der Waals surface area contributed by atoms with Crippen molar-refractivity contribution >= 4 is 38.1 Å². The Balaban J connectivity index is 3.12. The van der Waals surface area contributed by atoms with Gasteiger partial charge in [0.05, 0.1) is 9.95 Å². The molecule has 0 heterocycles. The molecule has 10 heteroatoms. The summed E-state index contributed by atoms with van der Waals surface area (Å²) in [4.78, 5) is 9.58. The smallest absolute Gasteiger partial charge is 0.260 e. The average Bonchev–Trinajstić information content (AvgIpc) is 2.26. The molecule has 1 N–H and O–H groups in total. The second-order valence-corrected chi connectivity index (χ2v) is 7.70. The maximum Gasteiger partial charge on any atom is 0.270 e. The van der Waals surface area contributed by atoms with Crippen LogP contribution in [0.2, 0.25) is 5.02 Å². The summed E-state index contributed by atoms with van der Waals surface area (Å²) in [7, 11) is -5.18. The van der Waals surface area contributed by atoms with Crippen LogP contribution in [0.3, 0.4) is 0 Å². The van der Waals surface area contributed by atoms with Crippen molar-refractivity contribution in [3.05, 3.63) is 33.3 Å². The van der Waals surface area contributed by atoms with Crippen molar-refractivity contribution < 1.29 is 17.6 Å². The third-order valence-corrected chi connectivity index (χ3v) is 5.30. The van der Waals surface area contributed by atoms with Crippen LogP contribution in [0.15, 0.2) is 23.1 Å². The average molecular weight is 341 g/mol. The van der Waals surface area contributed by atoms with Crippen LogP contribution < -0.4 is 4.72 Å². The zero-order chi connectivity index (χ0) is 15.5. The number of hydrogen-bond donors (Lipinski definition) is 1. The molecule has 0 aliphatic carbocycles. The molecule has 1 aromatic carbocycles. The highest BCUT2D eigenvalue weighted by Gasteiger charge is 2.23. The molecule has 20 heavy (non-hydrogen) atoms. The first-order valence-corrected chi connectivity index (χ1v) is 8.98. The Hall–Kier alpha value is -1.03. The summed E-state index contributed by atoms with van der Waals surface area (Å²) in [6.07, 6.45) is 1.45. The lowest BCUT2D eigenvalue weighted by Gasteiger charge is -2.13. The Labute approximate surface area is 124 Å². The Kier molecular flexibility index (Phi) is 5.63. The number of non-ortho nitro benzene ring substituents is 1. The summed E-state index contributed by atoms with van der Waals surface area (Å²) in [6.45, 7) is 1.55. The van der Waals surface area contributed by atoms with E-state index in [1.54, 1.807) is 6.92 Å². The van der Waals surface area contributed by atoms with Gasteiger partial charge in [-0.2, -0.15) is 0 Å². The Morgan fingerprint density at radius 1 is 1.50 bits per heavy atom. The van der Waals surface area contributed by atoms with Crippen LogP contribution in [0.25, 0.3) is 0 Å². The van der Waals surface area contributed by atoms with Crippen LogP contribution >= 0.6 is 11.6 Å². The minimum atomic E-state index is -4.01. The van der Waals surface area contributed by atoms with E-state index in [0.29, 0.717) is 0 Å². The van der Waals surface area contributed by atoms with E-state index in [1.807, 2.05) is 0 Å². The summed E-state index contributed by atoms with van der Waals surface area (Å²) in [5.41, 5.74) is -0.374. The number of nitrogens with one attached hydrogen (secondary N) is 1. The number of nitrogens with zero attached hydrogens (tertiary/aromatic N) is 1. The van der Waals surface area contributed by atoms with E-state index in [2.05, 4.69) is 4.72 Å². The van der Waals surface area contributed by atoms with Crippen LogP contribution in [0, 0.1) is 10.1 Å². The van der Waals surface area contributed by atoms with Gasteiger partial charge >= 0.3 is 0 Å². The minimum Gasteiger partial charge on any atom is -0.260 e. The van der Waals surface area contributed by atoms with Gasteiger partial charge in [0.1, 0.15) is 4.90 Å². The highest BCUT2D eigenvalue weighted by atomic mass is 35.5. The van der Waals surface area contributed by atoms with Crippen molar-refractivity contribution in [3.63, 3.8) is 0 Å². The van der Waals surface area contributed by atoms with Crippen molar-refractivity contribution in [2.24, 2.45) is 0 Å². The first-order valence-electron chi connectivity index (χ1n) is 5.40. The van der Waals surface area contributed by atoms with E-state index in [-0.39, 0.29) is 21.4 Å². The molecule has 2 unspecified atom stereocenters. The summed E-state index contributed by atoms with van der Waals surface area (Å²) in [6, 6.07) is 2.57. The van der Waals surface area contributed by atoms with Crippen LogP contribution in [0.5, 0.6) is 0 Å². The second-order valence-electron chi connectivity index (χ2n) is 4.13. The molecule has 112 valence electrons. The lowest BCUT2D eigenvalue weighted by atomic mass is 10.3. The monoisotopic (exact) mass is 340 g/mol. The number of nitro benzene ring substituents is 1. The fraction of sp³-hybridized carbons (Fsp3) is 0.400. The molecule has 0 bridgehead atoms. The molecule has 1 aromatic rings. The molecule has 0 amide bonds. The first-order chi connectivity index (χ1) is 9.13. The molecular formula is C10H13ClN2O5S2. The zero-order valence-corrected chi connectivity index (χ0v) is 13.1. The molecule has 0 saturated carbocycles. The number of hydrogen-bond acceptors (Lipinski definition) is 5. The standard InChI is InChI=1S/C10H13ClN2O5S2/c1-7(6-19(2)16)12-20(17,18)10-5-8(13(14)15)3-4-9(10)11/h3-5,7,12H,6H2,1-2H3. The lowest BCUT2D eigenvalue weighted by molar-refractivity contribution is -0.385. The quantitative estimate of drug-likeness (QED) is 0.620. The van der Waals surface area contributed by atoms with Crippen molar-refractivity contribution in [3.8, 4) is 0 Å². The highest BCUT2D eigenvalue weighted by Crippen LogP contribution is 2.26. The maximum atomic E-state index is 12.1. The second kappa shape index (κ2) is 6.61. The maximum absolute atomic E-state index is 12.1. The van der Waals surface area contributed by atoms with Crippen LogP contribution in [-0.2, 0) is 20.8 Å². The van der Waals surface area contributed by atoms with Gasteiger partial charge in [0.15, 0.2) is 0 Å². The van der Waals surface area contributed by atoms with Crippen molar-refractivity contribution in [1.29, 1.82) is 0 Å². The van der Waals surface area contributed by atoms with Gasteiger partial charge in [0.25, 0.3) is 5.69 Å². The normalized spacial score (nSPS) is 14.8. The Bertz CT molecular complexity index is 647. The van der Waals surface area contributed by atoms with Crippen molar-refractivity contribution in [2.45, 2.75) is 17.9 Å². The van der Waals surface area contributed by atoms with E-state index in [9.17, 15) is 22.7 Å². The largest absolute Gasteiger partial charge is 0.270 e. The fourth-order valence-electron chi connectivity index (χ4n) is 1.53. The number of benzene rings is 1. The Morgan fingerprint density at radius 2 is 2.10 bits per heavy atom. The molecule has 7 nitrogen and oxygen atoms in total. The number of sulfonamides is 1. The van der Waals surface area contributed by atoms with E-state index >= 15 is 0 Å². The molecule has 1 rings (SSSR count). The zero-order valence-electron chi connectivity index (χ0n) is 10.7. The summed E-state index contributed by atoms with van der Waals surface area (Å²) in [5.74, 6) is 0.131. The van der Waals surface area contributed by atoms with Crippen molar-refractivity contribution in [2.75, 3.05) is 12.0 Å². The van der Waals surface area contributed by atoms with Crippen molar-refractivity contribution in [1.82, 2.24) is 4.72 Å².